The molecule has 0 atom stereocenters. The van der Waals surface area contributed by atoms with Crippen LogP contribution in [0.1, 0.15) is 5.56 Å². The summed E-state index contributed by atoms with van der Waals surface area (Å²) in [6.45, 7) is 0. The van der Waals surface area contributed by atoms with Crippen molar-refractivity contribution in [2.45, 2.75) is 0 Å². The summed E-state index contributed by atoms with van der Waals surface area (Å²) in [4.78, 5) is 21.3. The number of carbonyl (C=O) groups is 2. The van der Waals surface area contributed by atoms with Crippen LogP contribution in [0, 0.1) is 0 Å². The molecule has 0 unspecified atom stereocenters. The van der Waals surface area contributed by atoms with E-state index in [9.17, 15) is 9.59 Å². The van der Waals surface area contributed by atoms with Gasteiger partial charge in [-0.15, -0.1) is 0 Å². The fraction of sp³-hybridized carbons (Fsp3) is 0. The summed E-state index contributed by atoms with van der Waals surface area (Å²) in [6, 6.07) is 8.86. The van der Waals surface area contributed by atoms with Crippen LogP contribution in [0.25, 0.3) is 5.70 Å². The third kappa shape index (κ3) is 2.45. The van der Waals surface area contributed by atoms with Crippen molar-refractivity contribution in [1.29, 1.82) is 0 Å². The Morgan fingerprint density at radius 3 is 2.14 bits per heavy atom. The van der Waals surface area contributed by atoms with Crippen LogP contribution in [0.15, 0.2) is 36.4 Å². The molecule has 0 fully saturated rings. The molecule has 1 rings (SSSR count). The Morgan fingerprint density at radius 1 is 1.07 bits per heavy atom. The molecule has 1 amide bonds. The Labute approximate surface area is 81.2 Å². The van der Waals surface area contributed by atoms with E-state index >= 15 is 0 Å². The van der Waals surface area contributed by atoms with Crippen LogP contribution < -0.4 is 11.5 Å². The number of amides is 1. The monoisotopic (exact) mass is 190 g/mol. The van der Waals surface area contributed by atoms with Crippen LogP contribution in [0.5, 0.6) is 0 Å². The maximum Gasteiger partial charge on any atom is 0.289 e. The van der Waals surface area contributed by atoms with Gasteiger partial charge in [-0.2, -0.15) is 0 Å². The number of primary amides is 1. The highest BCUT2D eigenvalue weighted by atomic mass is 16.2. The molecule has 0 aliphatic carbocycles. The predicted molar refractivity (Wildman–Crippen MR) is 52.8 cm³/mol. The van der Waals surface area contributed by atoms with Crippen LogP contribution in [-0.4, -0.2) is 11.7 Å². The third-order valence-electron chi connectivity index (χ3n) is 1.64. The first-order chi connectivity index (χ1) is 6.61. The molecule has 0 saturated heterocycles. The number of carbonyl (C=O) groups excluding carboxylic acids is 2. The van der Waals surface area contributed by atoms with Gasteiger partial charge in [0.25, 0.3) is 5.91 Å². The van der Waals surface area contributed by atoms with Gasteiger partial charge in [0.2, 0.25) is 5.78 Å². The zero-order chi connectivity index (χ0) is 10.6. The fourth-order valence-electron chi connectivity index (χ4n) is 0.926. The smallest absolute Gasteiger partial charge is 0.289 e. The van der Waals surface area contributed by atoms with Crippen molar-refractivity contribution in [1.82, 2.24) is 0 Å². The van der Waals surface area contributed by atoms with Gasteiger partial charge in [-0.3, -0.25) is 9.59 Å². The average Bonchev–Trinajstić information content (AvgIpc) is 2.19. The Kier molecular flexibility index (Phi) is 3.01. The number of hydrogen-bond donors (Lipinski definition) is 2. The summed E-state index contributed by atoms with van der Waals surface area (Å²) >= 11 is 0. The summed E-state index contributed by atoms with van der Waals surface area (Å²) in [6.07, 6.45) is 1.03. The largest absolute Gasteiger partial charge is 0.398 e. The molecule has 4 nitrogen and oxygen atoms in total. The van der Waals surface area contributed by atoms with Crippen molar-refractivity contribution in [2.24, 2.45) is 11.5 Å². The van der Waals surface area contributed by atoms with Gasteiger partial charge in [0.15, 0.2) is 0 Å². The van der Waals surface area contributed by atoms with Gasteiger partial charge in [0.1, 0.15) is 0 Å². The van der Waals surface area contributed by atoms with Gasteiger partial charge in [-0.05, 0) is 5.56 Å². The lowest BCUT2D eigenvalue weighted by molar-refractivity contribution is -0.133. The van der Waals surface area contributed by atoms with Crippen molar-refractivity contribution < 1.29 is 9.59 Å². The standard InChI is InChI=1S/C10H10N2O2/c11-8(6-9(13)10(12)14)7-4-2-1-3-5-7/h1-6H,11H2,(H2,12,14)/b8-6+. The molecular formula is C10H10N2O2. The van der Waals surface area contributed by atoms with Crippen LogP contribution in [0.2, 0.25) is 0 Å². The van der Waals surface area contributed by atoms with Crippen LogP contribution in [-0.2, 0) is 9.59 Å². The lowest BCUT2D eigenvalue weighted by Gasteiger charge is -1.99. The lowest BCUT2D eigenvalue weighted by Crippen LogP contribution is -2.21. The van der Waals surface area contributed by atoms with E-state index < -0.39 is 11.7 Å². The van der Waals surface area contributed by atoms with Gasteiger partial charge in [-0.1, -0.05) is 30.3 Å². The molecule has 0 heterocycles. The highest BCUT2D eigenvalue weighted by molar-refractivity contribution is 6.41. The molecule has 0 saturated carbocycles. The van der Waals surface area contributed by atoms with E-state index in [1.165, 1.54) is 0 Å². The van der Waals surface area contributed by atoms with Gasteiger partial charge in [-0.25, -0.2) is 0 Å². The first-order valence-corrected chi connectivity index (χ1v) is 3.97. The number of benzene rings is 1. The lowest BCUT2D eigenvalue weighted by atomic mass is 10.1. The SMILES string of the molecule is NC(=O)C(=O)/C=C(/N)c1ccccc1. The second kappa shape index (κ2) is 4.23. The normalized spacial score (nSPS) is 11.0. The molecule has 1 aromatic carbocycles. The van der Waals surface area contributed by atoms with Gasteiger partial charge < -0.3 is 11.5 Å². The topological polar surface area (TPSA) is 86.2 Å². The van der Waals surface area contributed by atoms with Crippen LogP contribution in [0.4, 0.5) is 0 Å². The minimum absolute atomic E-state index is 0.231. The maximum atomic E-state index is 10.9. The van der Waals surface area contributed by atoms with Crippen molar-refractivity contribution in [2.75, 3.05) is 0 Å². The van der Waals surface area contributed by atoms with E-state index in [1.54, 1.807) is 24.3 Å². The molecule has 14 heavy (non-hydrogen) atoms. The van der Waals surface area contributed by atoms with Gasteiger partial charge >= 0.3 is 0 Å². The molecule has 0 radical (unpaired) electrons. The quantitative estimate of drug-likeness (QED) is 0.521. The molecule has 1 aromatic rings. The Bertz CT molecular complexity index is 382. The number of nitrogens with two attached hydrogens (primary N) is 2. The summed E-state index contributed by atoms with van der Waals surface area (Å²) in [7, 11) is 0. The molecule has 4 heteroatoms. The highest BCUT2D eigenvalue weighted by Crippen LogP contribution is 2.07. The molecule has 0 aliphatic heterocycles. The maximum absolute atomic E-state index is 10.9. The molecule has 0 aliphatic rings. The van der Waals surface area contributed by atoms with Gasteiger partial charge in [0, 0.05) is 11.8 Å². The molecule has 4 N–H and O–H groups in total. The fourth-order valence-corrected chi connectivity index (χ4v) is 0.926. The molecule has 0 spiro atoms. The average molecular weight is 190 g/mol. The number of ketones is 1. The van der Waals surface area contributed by atoms with E-state index in [0.29, 0.717) is 5.56 Å². The number of rotatable bonds is 3. The van der Waals surface area contributed by atoms with Crippen molar-refractivity contribution in [3.8, 4) is 0 Å². The van der Waals surface area contributed by atoms with E-state index in [1.807, 2.05) is 6.07 Å². The molecule has 72 valence electrons. The minimum Gasteiger partial charge on any atom is -0.398 e. The van der Waals surface area contributed by atoms with E-state index in [2.05, 4.69) is 0 Å². The highest BCUT2D eigenvalue weighted by Gasteiger charge is 2.06. The zero-order valence-corrected chi connectivity index (χ0v) is 7.44. The second-order valence-corrected chi connectivity index (χ2v) is 2.69. The third-order valence-corrected chi connectivity index (χ3v) is 1.64. The molecule has 0 bridgehead atoms. The second-order valence-electron chi connectivity index (χ2n) is 2.69. The van der Waals surface area contributed by atoms with Crippen LogP contribution >= 0.6 is 0 Å². The first-order valence-electron chi connectivity index (χ1n) is 3.97. The molecular weight excluding hydrogens is 180 g/mol. The Balaban J connectivity index is 2.91. The summed E-state index contributed by atoms with van der Waals surface area (Å²) in [5.74, 6) is -1.81. The summed E-state index contributed by atoms with van der Waals surface area (Å²) in [5.41, 5.74) is 11.3. The van der Waals surface area contributed by atoms with Crippen LogP contribution in [0.3, 0.4) is 0 Å². The van der Waals surface area contributed by atoms with E-state index in [-0.39, 0.29) is 5.70 Å². The Morgan fingerprint density at radius 2 is 1.64 bits per heavy atom. The van der Waals surface area contributed by atoms with Crippen molar-refractivity contribution >= 4 is 17.4 Å². The van der Waals surface area contributed by atoms with Crippen molar-refractivity contribution in [3.63, 3.8) is 0 Å². The zero-order valence-electron chi connectivity index (χ0n) is 7.44. The minimum atomic E-state index is -1.01. The van der Waals surface area contributed by atoms with E-state index in [0.717, 1.165) is 6.08 Å². The first kappa shape index (κ1) is 9.98. The summed E-state index contributed by atoms with van der Waals surface area (Å²) in [5, 5.41) is 0. The van der Waals surface area contributed by atoms with Crippen molar-refractivity contribution in [3.05, 3.63) is 42.0 Å². The molecule has 0 aromatic heterocycles. The van der Waals surface area contributed by atoms with E-state index in [4.69, 9.17) is 11.5 Å². The predicted octanol–water partition coefficient (Wildman–Crippen LogP) is 0.0406. The van der Waals surface area contributed by atoms with Gasteiger partial charge in [0.05, 0.1) is 0 Å². The summed E-state index contributed by atoms with van der Waals surface area (Å²) < 4.78 is 0. The Hall–Kier alpha value is -2.10. The number of hydrogen-bond acceptors (Lipinski definition) is 3.